The highest BCUT2D eigenvalue weighted by Crippen LogP contribution is 2.41. The topological polar surface area (TPSA) is 78.0 Å². The lowest BCUT2D eigenvalue weighted by atomic mass is 9.88. The van der Waals surface area contributed by atoms with Crippen LogP contribution in [0.4, 0.5) is 0 Å². The SMILES string of the molecule is CC(C)[C@H]1C(=O)N(S(C)(=O)=O)[C@H]2CCN(C(=O)/C=C/CN(C)C)[C@H]12. The van der Waals surface area contributed by atoms with E-state index in [2.05, 4.69) is 0 Å². The Morgan fingerprint density at radius 1 is 1.38 bits per heavy atom. The second kappa shape index (κ2) is 6.84. The third-order valence-electron chi connectivity index (χ3n) is 4.68. The summed E-state index contributed by atoms with van der Waals surface area (Å²) in [5, 5.41) is 0. The first kappa shape index (κ1) is 18.9. The van der Waals surface area contributed by atoms with Crippen LogP contribution in [-0.2, 0) is 19.6 Å². The van der Waals surface area contributed by atoms with Crippen LogP contribution in [0.5, 0.6) is 0 Å². The van der Waals surface area contributed by atoms with E-state index in [1.165, 1.54) is 6.08 Å². The molecule has 0 aromatic heterocycles. The molecule has 8 heteroatoms. The van der Waals surface area contributed by atoms with Crippen molar-refractivity contribution in [2.24, 2.45) is 11.8 Å². The van der Waals surface area contributed by atoms with E-state index in [0.29, 0.717) is 19.5 Å². The number of amides is 2. The third-order valence-corrected chi connectivity index (χ3v) is 5.85. The van der Waals surface area contributed by atoms with Gasteiger partial charge in [0.05, 0.1) is 24.3 Å². The molecule has 0 aromatic rings. The zero-order valence-corrected chi connectivity index (χ0v) is 15.8. The molecule has 2 fully saturated rings. The quantitative estimate of drug-likeness (QED) is 0.655. The van der Waals surface area contributed by atoms with Crippen LogP contribution >= 0.6 is 0 Å². The molecule has 0 aliphatic carbocycles. The maximum Gasteiger partial charge on any atom is 0.246 e. The van der Waals surface area contributed by atoms with Gasteiger partial charge in [0.2, 0.25) is 21.8 Å². The molecule has 0 saturated carbocycles. The van der Waals surface area contributed by atoms with Gasteiger partial charge >= 0.3 is 0 Å². The zero-order chi connectivity index (χ0) is 18.2. The molecule has 136 valence electrons. The van der Waals surface area contributed by atoms with E-state index in [1.54, 1.807) is 11.0 Å². The number of carbonyl (C=O) groups is 2. The highest BCUT2D eigenvalue weighted by Gasteiger charge is 2.58. The van der Waals surface area contributed by atoms with Gasteiger partial charge in [-0.15, -0.1) is 0 Å². The molecular formula is C16H27N3O4S. The van der Waals surface area contributed by atoms with Gasteiger partial charge in [0, 0.05) is 19.2 Å². The largest absolute Gasteiger partial charge is 0.333 e. The highest BCUT2D eigenvalue weighted by molar-refractivity contribution is 7.88. The van der Waals surface area contributed by atoms with Crippen molar-refractivity contribution in [1.29, 1.82) is 0 Å². The monoisotopic (exact) mass is 357 g/mol. The van der Waals surface area contributed by atoms with Gasteiger partial charge in [0.25, 0.3) is 0 Å². The summed E-state index contributed by atoms with van der Waals surface area (Å²) in [4.78, 5) is 28.8. The van der Waals surface area contributed by atoms with Gasteiger partial charge in [-0.1, -0.05) is 19.9 Å². The number of hydrogen-bond donors (Lipinski definition) is 0. The van der Waals surface area contributed by atoms with Crippen LogP contribution in [0.25, 0.3) is 0 Å². The fourth-order valence-electron chi connectivity index (χ4n) is 3.75. The summed E-state index contributed by atoms with van der Waals surface area (Å²) < 4.78 is 25.1. The van der Waals surface area contributed by atoms with Crippen molar-refractivity contribution in [3.8, 4) is 0 Å². The summed E-state index contributed by atoms with van der Waals surface area (Å²) in [5.74, 6) is -1.04. The van der Waals surface area contributed by atoms with Crippen LogP contribution in [0.1, 0.15) is 20.3 Å². The van der Waals surface area contributed by atoms with Crippen LogP contribution in [0.15, 0.2) is 12.2 Å². The molecule has 7 nitrogen and oxygen atoms in total. The van der Waals surface area contributed by atoms with Gasteiger partial charge in [0.1, 0.15) is 0 Å². The van der Waals surface area contributed by atoms with E-state index < -0.39 is 22.0 Å². The van der Waals surface area contributed by atoms with Crippen molar-refractivity contribution in [3.63, 3.8) is 0 Å². The summed E-state index contributed by atoms with van der Waals surface area (Å²) in [7, 11) is 0.195. The van der Waals surface area contributed by atoms with E-state index in [9.17, 15) is 18.0 Å². The summed E-state index contributed by atoms with van der Waals surface area (Å²) in [6, 6.07) is -0.810. The Balaban J connectivity index is 2.29. The van der Waals surface area contributed by atoms with Crippen LogP contribution in [0, 0.1) is 11.8 Å². The Hall–Kier alpha value is -1.41. The standard InChI is InChI=1S/C16H27N3O4S/c1-11(2)14-15-12(19(16(14)21)24(5,22)23)8-10-18(15)13(20)7-6-9-17(3)4/h6-7,11-12,14-15H,8-10H2,1-5H3/b7-6+/t12-,14+,15-/m0/s1. The molecular weight excluding hydrogens is 330 g/mol. The van der Waals surface area contributed by atoms with Crippen molar-refractivity contribution >= 4 is 21.8 Å². The Labute approximate surface area is 144 Å². The number of nitrogens with zero attached hydrogens (tertiary/aromatic N) is 3. The lowest BCUT2D eigenvalue weighted by molar-refractivity contribution is -0.131. The predicted molar refractivity (Wildman–Crippen MR) is 91.6 cm³/mol. The molecule has 24 heavy (non-hydrogen) atoms. The van der Waals surface area contributed by atoms with Crippen molar-refractivity contribution in [3.05, 3.63) is 12.2 Å². The molecule has 2 heterocycles. The smallest absolute Gasteiger partial charge is 0.246 e. The average molecular weight is 357 g/mol. The summed E-state index contributed by atoms with van der Waals surface area (Å²) >= 11 is 0. The molecule has 0 spiro atoms. The maximum atomic E-state index is 12.7. The van der Waals surface area contributed by atoms with E-state index in [-0.39, 0.29) is 23.8 Å². The maximum absolute atomic E-state index is 12.7. The van der Waals surface area contributed by atoms with Crippen molar-refractivity contribution in [2.75, 3.05) is 33.4 Å². The Kier molecular flexibility index (Phi) is 5.39. The molecule has 2 amide bonds. The number of rotatable bonds is 5. The first-order chi connectivity index (χ1) is 11.1. The van der Waals surface area contributed by atoms with E-state index in [0.717, 1.165) is 10.6 Å². The Morgan fingerprint density at radius 2 is 2.00 bits per heavy atom. The van der Waals surface area contributed by atoms with Gasteiger partial charge in [-0.25, -0.2) is 12.7 Å². The highest BCUT2D eigenvalue weighted by atomic mass is 32.2. The van der Waals surface area contributed by atoms with Gasteiger partial charge in [-0.3, -0.25) is 9.59 Å². The van der Waals surface area contributed by atoms with Crippen LogP contribution < -0.4 is 0 Å². The molecule has 2 saturated heterocycles. The van der Waals surface area contributed by atoms with Gasteiger partial charge in [0.15, 0.2) is 0 Å². The molecule has 0 unspecified atom stereocenters. The minimum absolute atomic E-state index is 0.0316. The molecule has 0 bridgehead atoms. The summed E-state index contributed by atoms with van der Waals surface area (Å²) in [6.07, 6.45) is 4.87. The second-order valence-corrected chi connectivity index (χ2v) is 9.07. The molecule has 2 rings (SSSR count). The number of hydrogen-bond acceptors (Lipinski definition) is 5. The molecule has 3 atom stereocenters. The predicted octanol–water partition coefficient (Wildman–Crippen LogP) is 0.148. The Bertz CT molecular complexity index is 642. The van der Waals surface area contributed by atoms with Gasteiger partial charge in [-0.2, -0.15) is 0 Å². The number of likely N-dealkylation sites (N-methyl/N-ethyl adjacent to an activating group) is 1. The lowest BCUT2D eigenvalue weighted by Crippen LogP contribution is -2.43. The average Bonchev–Trinajstić information content (AvgIpc) is 2.92. The zero-order valence-electron chi connectivity index (χ0n) is 15.0. The van der Waals surface area contributed by atoms with Crippen molar-refractivity contribution in [1.82, 2.24) is 14.1 Å². The van der Waals surface area contributed by atoms with E-state index in [4.69, 9.17) is 0 Å². The molecule has 2 aliphatic heterocycles. The number of likely N-dealkylation sites (tertiary alicyclic amines) is 1. The molecule has 0 aromatic carbocycles. The van der Waals surface area contributed by atoms with Crippen LogP contribution in [0.3, 0.4) is 0 Å². The fraction of sp³-hybridized carbons (Fsp3) is 0.750. The minimum atomic E-state index is -3.63. The minimum Gasteiger partial charge on any atom is -0.333 e. The van der Waals surface area contributed by atoms with E-state index in [1.807, 2.05) is 32.8 Å². The third kappa shape index (κ3) is 3.49. The fourth-order valence-corrected chi connectivity index (χ4v) is 4.92. The summed E-state index contributed by atoms with van der Waals surface area (Å²) in [5.41, 5.74) is 0. The van der Waals surface area contributed by atoms with Gasteiger partial charge in [-0.05, 0) is 26.4 Å². The molecule has 0 N–H and O–H groups in total. The lowest BCUT2D eigenvalue weighted by Gasteiger charge is -2.28. The number of carbonyl (C=O) groups excluding carboxylic acids is 2. The first-order valence-electron chi connectivity index (χ1n) is 8.20. The van der Waals surface area contributed by atoms with Crippen LogP contribution in [0.2, 0.25) is 0 Å². The number of sulfonamides is 1. The first-order valence-corrected chi connectivity index (χ1v) is 10.1. The number of fused-ring (bicyclic) bond motifs is 1. The normalized spacial score (nSPS) is 27.8. The van der Waals surface area contributed by atoms with Gasteiger partial charge < -0.3 is 9.80 Å². The van der Waals surface area contributed by atoms with Crippen molar-refractivity contribution < 1.29 is 18.0 Å². The van der Waals surface area contributed by atoms with Crippen LogP contribution in [-0.4, -0.2) is 79.9 Å². The molecule has 2 aliphatic rings. The Morgan fingerprint density at radius 3 is 2.50 bits per heavy atom. The van der Waals surface area contributed by atoms with E-state index >= 15 is 0 Å². The second-order valence-electron chi connectivity index (χ2n) is 7.21. The van der Waals surface area contributed by atoms with Crippen molar-refractivity contribution in [2.45, 2.75) is 32.4 Å². The molecule has 0 radical (unpaired) electrons. The summed E-state index contributed by atoms with van der Waals surface area (Å²) in [6.45, 7) is 4.92.